The van der Waals surface area contributed by atoms with Crippen LogP contribution in [0, 0.1) is 12.7 Å². The number of pyridine rings is 1. The smallest absolute Gasteiger partial charge is 0.270 e. The molecule has 0 atom stereocenters. The second kappa shape index (κ2) is 8.60. The van der Waals surface area contributed by atoms with E-state index in [1.54, 1.807) is 18.3 Å². The number of hydrogen-bond acceptors (Lipinski definition) is 4. The summed E-state index contributed by atoms with van der Waals surface area (Å²) in [7, 11) is 0. The summed E-state index contributed by atoms with van der Waals surface area (Å²) in [5.74, 6) is -0.831. The van der Waals surface area contributed by atoms with Gasteiger partial charge in [-0.3, -0.25) is 9.78 Å². The van der Waals surface area contributed by atoms with E-state index < -0.39 is 11.7 Å². The van der Waals surface area contributed by atoms with Gasteiger partial charge in [-0.25, -0.2) is 14.4 Å². The summed E-state index contributed by atoms with van der Waals surface area (Å²) in [5.41, 5.74) is 4.95. The number of fused-ring (bicyclic) bond motifs is 2. The molecule has 0 aliphatic heterocycles. The number of amides is 1. The Morgan fingerprint density at radius 1 is 1.12 bits per heavy atom. The molecule has 5 aromatic rings. The van der Waals surface area contributed by atoms with Crippen LogP contribution in [-0.2, 0) is 13.0 Å². The third-order valence-corrected chi connectivity index (χ3v) is 5.77. The number of carbonyl (C=O) groups excluding carboxylic acids is 1. The van der Waals surface area contributed by atoms with Gasteiger partial charge in [0.05, 0.1) is 10.5 Å². The Balaban J connectivity index is 1.31. The van der Waals surface area contributed by atoms with Crippen LogP contribution in [0.25, 0.3) is 21.8 Å². The molecular weight excluding hydrogens is 441 g/mol. The highest BCUT2D eigenvalue weighted by molar-refractivity contribution is 6.35. The zero-order chi connectivity index (χ0) is 22.9. The Morgan fingerprint density at radius 3 is 2.88 bits per heavy atom. The van der Waals surface area contributed by atoms with Gasteiger partial charge in [0.2, 0.25) is 0 Å². The molecule has 0 radical (unpaired) electrons. The van der Waals surface area contributed by atoms with Gasteiger partial charge in [-0.15, -0.1) is 0 Å². The molecule has 0 aliphatic carbocycles. The third-order valence-electron chi connectivity index (χ3n) is 5.46. The van der Waals surface area contributed by atoms with Crippen LogP contribution in [-0.4, -0.2) is 25.8 Å². The predicted molar refractivity (Wildman–Crippen MR) is 126 cm³/mol. The lowest BCUT2D eigenvalue weighted by atomic mass is 10.1. The molecule has 3 heterocycles. The molecule has 0 unspecified atom stereocenters. The van der Waals surface area contributed by atoms with Crippen molar-refractivity contribution in [1.82, 2.24) is 25.3 Å². The highest BCUT2D eigenvalue weighted by Gasteiger charge is 2.13. The highest BCUT2D eigenvalue weighted by atomic mass is 35.5. The molecule has 164 valence electrons. The Kier molecular flexibility index (Phi) is 5.48. The first-order chi connectivity index (χ1) is 16.0. The first-order valence-corrected chi connectivity index (χ1v) is 10.7. The highest BCUT2D eigenvalue weighted by Crippen LogP contribution is 2.26. The van der Waals surface area contributed by atoms with E-state index in [2.05, 4.69) is 37.4 Å². The zero-order valence-electron chi connectivity index (χ0n) is 17.7. The molecule has 0 saturated heterocycles. The standard InChI is InChI=1S/C25H19ClFN5O/c1-14-4-16-5-15(2-3-22(16)28-10-14)6-18-8-24(32-13-31-18)25(33)30-11-17-7-19-20(26)12-29-23(19)9-21(17)27/h2-5,7-10,12-13,29H,6,11H2,1H3,(H,30,33). The van der Waals surface area contributed by atoms with Crippen LogP contribution in [0.4, 0.5) is 4.39 Å². The summed E-state index contributed by atoms with van der Waals surface area (Å²) in [4.78, 5) is 28.4. The average molecular weight is 460 g/mol. The van der Waals surface area contributed by atoms with Gasteiger partial charge in [-0.1, -0.05) is 17.7 Å². The molecule has 2 N–H and O–H groups in total. The fraction of sp³-hybridized carbons (Fsp3) is 0.120. The summed E-state index contributed by atoms with van der Waals surface area (Å²) >= 11 is 6.12. The van der Waals surface area contributed by atoms with Crippen molar-refractivity contribution in [3.05, 3.63) is 100 Å². The van der Waals surface area contributed by atoms with Crippen LogP contribution in [0.2, 0.25) is 5.02 Å². The number of nitrogens with zero attached hydrogens (tertiary/aromatic N) is 3. The topological polar surface area (TPSA) is 83.6 Å². The Bertz CT molecular complexity index is 1510. The first kappa shape index (κ1) is 21.0. The van der Waals surface area contributed by atoms with Crippen molar-refractivity contribution in [2.45, 2.75) is 19.9 Å². The molecule has 1 amide bonds. The average Bonchev–Trinajstić information content (AvgIpc) is 3.16. The van der Waals surface area contributed by atoms with Crippen molar-refractivity contribution in [3.8, 4) is 0 Å². The van der Waals surface area contributed by atoms with Gasteiger partial charge in [0.1, 0.15) is 17.8 Å². The fourth-order valence-electron chi connectivity index (χ4n) is 3.78. The van der Waals surface area contributed by atoms with Crippen LogP contribution in [0.1, 0.15) is 32.9 Å². The van der Waals surface area contributed by atoms with Gasteiger partial charge >= 0.3 is 0 Å². The fourth-order valence-corrected chi connectivity index (χ4v) is 4.00. The van der Waals surface area contributed by atoms with E-state index in [0.717, 1.165) is 22.0 Å². The molecule has 33 heavy (non-hydrogen) atoms. The summed E-state index contributed by atoms with van der Waals surface area (Å²) in [5, 5.41) is 4.98. The molecule has 0 aliphatic rings. The van der Waals surface area contributed by atoms with E-state index in [1.807, 2.05) is 25.3 Å². The van der Waals surface area contributed by atoms with Crippen molar-refractivity contribution in [2.24, 2.45) is 0 Å². The second-order valence-corrected chi connectivity index (χ2v) is 8.33. The van der Waals surface area contributed by atoms with Crippen LogP contribution in [0.3, 0.4) is 0 Å². The Morgan fingerprint density at radius 2 is 2.00 bits per heavy atom. The van der Waals surface area contributed by atoms with Crippen LogP contribution < -0.4 is 5.32 Å². The van der Waals surface area contributed by atoms with Gasteiger partial charge in [0.15, 0.2) is 0 Å². The van der Waals surface area contributed by atoms with E-state index in [4.69, 9.17) is 11.6 Å². The number of benzene rings is 2. The first-order valence-electron chi connectivity index (χ1n) is 10.4. The number of carbonyl (C=O) groups is 1. The lowest BCUT2D eigenvalue weighted by Crippen LogP contribution is -2.24. The molecule has 0 spiro atoms. The van der Waals surface area contributed by atoms with E-state index in [9.17, 15) is 9.18 Å². The zero-order valence-corrected chi connectivity index (χ0v) is 18.4. The van der Waals surface area contributed by atoms with Gasteiger partial charge in [-0.05, 0) is 54.4 Å². The lowest BCUT2D eigenvalue weighted by Gasteiger charge is -2.08. The number of aryl methyl sites for hydroxylation is 1. The normalized spacial score (nSPS) is 11.2. The maximum atomic E-state index is 14.4. The number of rotatable bonds is 5. The van der Waals surface area contributed by atoms with Gasteiger partial charge in [-0.2, -0.15) is 0 Å². The van der Waals surface area contributed by atoms with Gasteiger partial charge in [0, 0.05) is 52.9 Å². The summed E-state index contributed by atoms with van der Waals surface area (Å²) in [6.07, 6.45) is 5.35. The number of aromatic nitrogens is 4. The number of halogens is 2. The monoisotopic (exact) mass is 459 g/mol. The van der Waals surface area contributed by atoms with Crippen molar-refractivity contribution in [3.63, 3.8) is 0 Å². The summed E-state index contributed by atoms with van der Waals surface area (Å²) < 4.78 is 14.4. The number of nitrogens with one attached hydrogen (secondary N) is 2. The van der Waals surface area contributed by atoms with Crippen LogP contribution >= 0.6 is 11.6 Å². The van der Waals surface area contributed by atoms with Crippen LogP contribution in [0.5, 0.6) is 0 Å². The molecule has 8 heteroatoms. The van der Waals surface area contributed by atoms with Gasteiger partial charge < -0.3 is 10.3 Å². The minimum atomic E-state index is -0.425. The molecule has 0 fully saturated rings. The molecule has 0 saturated carbocycles. The largest absolute Gasteiger partial charge is 0.360 e. The minimum absolute atomic E-state index is 0.0124. The molecule has 2 aromatic carbocycles. The molecule has 6 nitrogen and oxygen atoms in total. The maximum Gasteiger partial charge on any atom is 0.270 e. The van der Waals surface area contributed by atoms with Crippen molar-refractivity contribution in [1.29, 1.82) is 0 Å². The van der Waals surface area contributed by atoms with E-state index >= 15 is 0 Å². The minimum Gasteiger partial charge on any atom is -0.360 e. The summed E-state index contributed by atoms with van der Waals surface area (Å²) in [6, 6.07) is 12.8. The number of H-pyrrole nitrogens is 1. The predicted octanol–water partition coefficient (Wildman–Crippen LogP) is 5.13. The van der Waals surface area contributed by atoms with E-state index in [0.29, 0.717) is 33.6 Å². The Labute approximate surface area is 193 Å². The van der Waals surface area contributed by atoms with Gasteiger partial charge in [0.25, 0.3) is 5.91 Å². The van der Waals surface area contributed by atoms with Crippen molar-refractivity contribution < 1.29 is 9.18 Å². The lowest BCUT2D eigenvalue weighted by molar-refractivity contribution is 0.0945. The quantitative estimate of drug-likeness (QED) is 0.381. The van der Waals surface area contributed by atoms with E-state index in [1.165, 1.54) is 12.4 Å². The second-order valence-electron chi connectivity index (χ2n) is 7.92. The maximum absolute atomic E-state index is 14.4. The van der Waals surface area contributed by atoms with Crippen LogP contribution in [0.15, 0.2) is 61.2 Å². The molecule has 3 aromatic heterocycles. The van der Waals surface area contributed by atoms with E-state index in [-0.39, 0.29) is 12.2 Å². The summed E-state index contributed by atoms with van der Waals surface area (Å²) in [6.45, 7) is 2.02. The molecule has 0 bridgehead atoms. The van der Waals surface area contributed by atoms with Crippen molar-refractivity contribution in [2.75, 3.05) is 0 Å². The Hall–Kier alpha value is -3.84. The number of hydrogen-bond donors (Lipinski definition) is 2. The third kappa shape index (κ3) is 4.40. The SMILES string of the molecule is Cc1cnc2ccc(Cc3cc(C(=O)NCc4cc5c(Cl)c[nH]c5cc4F)ncn3)cc2c1. The molecule has 5 rings (SSSR count). The number of aromatic amines is 1. The molecular formula is C25H19ClFN5O. The van der Waals surface area contributed by atoms with Crippen molar-refractivity contribution >= 4 is 39.3 Å².